The normalized spacial score (nSPS) is 15.6. The van der Waals surface area contributed by atoms with Gasteiger partial charge in [0.15, 0.2) is 0 Å². The zero-order valence-corrected chi connectivity index (χ0v) is 16.3. The van der Waals surface area contributed by atoms with E-state index in [0.717, 1.165) is 42.9 Å². The highest BCUT2D eigenvalue weighted by molar-refractivity contribution is 9.10. The van der Waals surface area contributed by atoms with Crippen molar-refractivity contribution in [1.82, 2.24) is 4.90 Å². The van der Waals surface area contributed by atoms with Gasteiger partial charge in [-0.15, -0.1) is 0 Å². The van der Waals surface area contributed by atoms with Crippen LogP contribution in [0.2, 0.25) is 0 Å². The van der Waals surface area contributed by atoms with Crippen LogP contribution in [0.1, 0.15) is 16.7 Å². The van der Waals surface area contributed by atoms with Gasteiger partial charge in [0.25, 0.3) is 0 Å². The zero-order chi connectivity index (χ0) is 17.1. The summed E-state index contributed by atoms with van der Waals surface area (Å²) in [5.74, 6) is 0.968. The number of methoxy groups -OCH3 is 1. The average Bonchev–Trinajstić information content (AvgIpc) is 2.58. The highest BCUT2D eigenvalue weighted by Gasteiger charge is 2.20. The van der Waals surface area contributed by atoms with Gasteiger partial charge in [0.05, 0.1) is 7.11 Å². The van der Waals surface area contributed by atoms with Gasteiger partial charge in [0.1, 0.15) is 5.75 Å². The molecule has 0 amide bonds. The maximum Gasteiger partial charge on any atom is 0.123 e. The van der Waals surface area contributed by atoms with Gasteiger partial charge in [-0.05, 0) is 49.2 Å². The van der Waals surface area contributed by atoms with Crippen molar-refractivity contribution in [2.45, 2.75) is 20.4 Å². The molecule has 0 bridgehead atoms. The first-order chi connectivity index (χ1) is 11.6. The number of hydrogen-bond donors (Lipinski definition) is 0. The molecular formula is C20H25BrN2O. The molecule has 1 heterocycles. The van der Waals surface area contributed by atoms with Gasteiger partial charge < -0.3 is 9.64 Å². The molecule has 1 aliphatic heterocycles. The predicted octanol–water partition coefficient (Wildman–Crippen LogP) is 4.40. The van der Waals surface area contributed by atoms with E-state index in [0.29, 0.717) is 0 Å². The summed E-state index contributed by atoms with van der Waals surface area (Å²) in [5, 5.41) is 0. The van der Waals surface area contributed by atoms with Crippen molar-refractivity contribution >= 4 is 21.6 Å². The van der Waals surface area contributed by atoms with Gasteiger partial charge in [0.2, 0.25) is 0 Å². The van der Waals surface area contributed by atoms with Crippen LogP contribution in [0.25, 0.3) is 0 Å². The number of aryl methyl sites for hydroxylation is 1. The fourth-order valence-electron chi connectivity index (χ4n) is 3.34. The number of anilines is 1. The van der Waals surface area contributed by atoms with Gasteiger partial charge in [-0.1, -0.05) is 28.1 Å². The lowest BCUT2D eigenvalue weighted by molar-refractivity contribution is 0.246. The lowest BCUT2D eigenvalue weighted by Gasteiger charge is -2.37. The van der Waals surface area contributed by atoms with Crippen molar-refractivity contribution in [3.63, 3.8) is 0 Å². The van der Waals surface area contributed by atoms with E-state index < -0.39 is 0 Å². The van der Waals surface area contributed by atoms with Gasteiger partial charge in [-0.25, -0.2) is 0 Å². The van der Waals surface area contributed by atoms with Crippen LogP contribution in [0.5, 0.6) is 5.75 Å². The molecule has 0 unspecified atom stereocenters. The number of piperazine rings is 1. The second kappa shape index (κ2) is 7.58. The Balaban J connectivity index is 1.65. The summed E-state index contributed by atoms with van der Waals surface area (Å²) in [6.45, 7) is 9.63. The number of halogens is 1. The first kappa shape index (κ1) is 17.3. The quantitative estimate of drug-likeness (QED) is 0.771. The van der Waals surface area contributed by atoms with E-state index in [2.05, 4.69) is 63.8 Å². The number of nitrogens with zero attached hydrogens (tertiary/aromatic N) is 2. The smallest absolute Gasteiger partial charge is 0.123 e. The van der Waals surface area contributed by atoms with Crippen molar-refractivity contribution < 1.29 is 4.74 Å². The van der Waals surface area contributed by atoms with Gasteiger partial charge in [-0.3, -0.25) is 4.90 Å². The number of hydrogen-bond acceptors (Lipinski definition) is 3. The summed E-state index contributed by atoms with van der Waals surface area (Å²) in [6, 6.07) is 12.8. The lowest BCUT2D eigenvalue weighted by atomic mass is 10.1. The van der Waals surface area contributed by atoms with Crippen LogP contribution >= 0.6 is 15.9 Å². The first-order valence-corrected chi connectivity index (χ1v) is 9.23. The summed E-state index contributed by atoms with van der Waals surface area (Å²) < 4.78 is 6.61. The van der Waals surface area contributed by atoms with E-state index in [1.165, 1.54) is 22.4 Å². The standard InChI is InChI=1S/C20H25BrN2O/c1-15-5-4-6-19(16(15)2)23-11-9-22(10-12-23)14-17-13-18(21)7-8-20(17)24-3/h4-8,13H,9-12,14H2,1-3H3. The van der Waals surface area contributed by atoms with Crippen molar-refractivity contribution in [3.05, 3.63) is 57.6 Å². The third kappa shape index (κ3) is 3.76. The van der Waals surface area contributed by atoms with Crippen LogP contribution in [0.4, 0.5) is 5.69 Å². The molecule has 0 saturated carbocycles. The maximum absolute atomic E-state index is 5.50. The molecule has 1 fully saturated rings. The highest BCUT2D eigenvalue weighted by atomic mass is 79.9. The predicted molar refractivity (Wildman–Crippen MR) is 104 cm³/mol. The summed E-state index contributed by atoms with van der Waals surface area (Å²) in [7, 11) is 1.74. The van der Waals surface area contributed by atoms with Gasteiger partial charge in [0, 0.05) is 48.4 Å². The SMILES string of the molecule is COc1ccc(Br)cc1CN1CCN(c2cccc(C)c2C)CC1. The summed E-state index contributed by atoms with van der Waals surface area (Å²) >= 11 is 3.56. The maximum atomic E-state index is 5.50. The molecular weight excluding hydrogens is 364 g/mol. The molecule has 1 saturated heterocycles. The molecule has 3 nitrogen and oxygen atoms in total. The van der Waals surface area contributed by atoms with Crippen molar-refractivity contribution in [1.29, 1.82) is 0 Å². The van der Waals surface area contributed by atoms with Crippen LogP contribution in [0, 0.1) is 13.8 Å². The third-order valence-electron chi connectivity index (χ3n) is 4.93. The largest absolute Gasteiger partial charge is 0.496 e. The Morgan fingerprint density at radius 1 is 1.04 bits per heavy atom. The Kier molecular flexibility index (Phi) is 5.47. The first-order valence-electron chi connectivity index (χ1n) is 8.44. The van der Waals surface area contributed by atoms with E-state index >= 15 is 0 Å². The second-order valence-electron chi connectivity index (χ2n) is 6.44. The minimum Gasteiger partial charge on any atom is -0.496 e. The Hall–Kier alpha value is -1.52. The van der Waals surface area contributed by atoms with Crippen LogP contribution in [0.3, 0.4) is 0 Å². The minimum absolute atomic E-state index is 0.934. The van der Waals surface area contributed by atoms with Gasteiger partial charge >= 0.3 is 0 Å². The van der Waals surface area contributed by atoms with Crippen LogP contribution in [-0.2, 0) is 6.54 Å². The molecule has 0 aliphatic carbocycles. The monoisotopic (exact) mass is 388 g/mol. The number of ether oxygens (including phenoxy) is 1. The molecule has 1 aliphatic rings. The third-order valence-corrected chi connectivity index (χ3v) is 5.42. The zero-order valence-electron chi connectivity index (χ0n) is 14.7. The fourth-order valence-corrected chi connectivity index (χ4v) is 3.75. The molecule has 0 aromatic heterocycles. The molecule has 0 N–H and O–H groups in total. The van der Waals surface area contributed by atoms with E-state index in [1.807, 2.05) is 12.1 Å². The molecule has 0 radical (unpaired) electrons. The van der Waals surface area contributed by atoms with E-state index in [1.54, 1.807) is 7.11 Å². The fraction of sp³-hybridized carbons (Fsp3) is 0.400. The topological polar surface area (TPSA) is 15.7 Å². The Labute approximate surface area is 153 Å². The van der Waals surface area contributed by atoms with Crippen molar-refractivity contribution in [2.75, 3.05) is 38.2 Å². The van der Waals surface area contributed by atoms with Crippen LogP contribution in [0.15, 0.2) is 40.9 Å². The summed E-state index contributed by atoms with van der Waals surface area (Å²) in [4.78, 5) is 5.02. The molecule has 0 spiro atoms. The van der Waals surface area contributed by atoms with Crippen LogP contribution < -0.4 is 9.64 Å². The lowest BCUT2D eigenvalue weighted by Crippen LogP contribution is -2.46. The van der Waals surface area contributed by atoms with Crippen LogP contribution in [-0.4, -0.2) is 38.2 Å². The summed E-state index contributed by atoms with van der Waals surface area (Å²) in [6.07, 6.45) is 0. The molecule has 3 rings (SSSR count). The minimum atomic E-state index is 0.934. The number of benzene rings is 2. The average molecular weight is 389 g/mol. The van der Waals surface area contributed by atoms with E-state index in [4.69, 9.17) is 4.74 Å². The Morgan fingerprint density at radius 2 is 1.79 bits per heavy atom. The Morgan fingerprint density at radius 3 is 2.50 bits per heavy atom. The molecule has 2 aromatic carbocycles. The van der Waals surface area contributed by atoms with Crippen molar-refractivity contribution in [3.8, 4) is 5.75 Å². The van der Waals surface area contributed by atoms with E-state index in [9.17, 15) is 0 Å². The number of rotatable bonds is 4. The highest BCUT2D eigenvalue weighted by Crippen LogP contribution is 2.27. The molecule has 2 aromatic rings. The molecule has 24 heavy (non-hydrogen) atoms. The van der Waals surface area contributed by atoms with Gasteiger partial charge in [-0.2, -0.15) is 0 Å². The van der Waals surface area contributed by atoms with Crippen molar-refractivity contribution in [2.24, 2.45) is 0 Å². The summed E-state index contributed by atoms with van der Waals surface area (Å²) in [5.41, 5.74) is 5.40. The van der Waals surface area contributed by atoms with E-state index in [-0.39, 0.29) is 0 Å². The molecule has 0 atom stereocenters. The molecule has 4 heteroatoms. The molecule has 128 valence electrons. The second-order valence-corrected chi connectivity index (χ2v) is 7.35. The Bertz CT molecular complexity index is 709.